The van der Waals surface area contributed by atoms with Crippen molar-refractivity contribution < 1.29 is 14.4 Å². The van der Waals surface area contributed by atoms with Crippen LogP contribution >= 0.6 is 23.2 Å². The Hall–Kier alpha value is -2.57. The molecule has 0 aliphatic carbocycles. The number of nitrogens with zero attached hydrogens (tertiary/aromatic N) is 1. The highest BCUT2D eigenvalue weighted by molar-refractivity contribution is 6.42. The molecule has 1 unspecified atom stereocenters. The van der Waals surface area contributed by atoms with Crippen molar-refractivity contribution >= 4 is 40.9 Å². The predicted octanol–water partition coefficient (Wildman–Crippen LogP) is 3.87. The molecule has 2 N–H and O–H groups in total. The Bertz CT molecular complexity index is 947. The van der Waals surface area contributed by atoms with Crippen LogP contribution in [0.25, 0.3) is 0 Å². The zero-order chi connectivity index (χ0) is 21.7. The number of hydrogen-bond acceptors (Lipinski definition) is 3. The lowest BCUT2D eigenvalue weighted by atomic mass is 9.96. The van der Waals surface area contributed by atoms with Crippen molar-refractivity contribution in [2.24, 2.45) is 5.92 Å². The second-order valence-electron chi connectivity index (χ2n) is 7.21. The number of carbonyl (C=O) groups is 3. The quantitative estimate of drug-likeness (QED) is 0.698. The molecule has 1 aliphatic rings. The molecule has 158 valence electrons. The third-order valence-electron chi connectivity index (χ3n) is 5.17. The van der Waals surface area contributed by atoms with E-state index >= 15 is 0 Å². The molecule has 30 heavy (non-hydrogen) atoms. The minimum absolute atomic E-state index is 0.203. The molecule has 3 rings (SSSR count). The zero-order valence-corrected chi connectivity index (χ0v) is 18.1. The van der Waals surface area contributed by atoms with Gasteiger partial charge in [-0.3, -0.25) is 25.2 Å². The second-order valence-corrected chi connectivity index (χ2v) is 8.03. The summed E-state index contributed by atoms with van der Waals surface area (Å²) in [5.74, 6) is -1.31. The summed E-state index contributed by atoms with van der Waals surface area (Å²) in [6, 6.07) is 11.9. The average molecular weight is 448 g/mol. The number of benzene rings is 2. The zero-order valence-electron chi connectivity index (χ0n) is 16.6. The van der Waals surface area contributed by atoms with Crippen LogP contribution in [0.4, 0.5) is 0 Å². The van der Waals surface area contributed by atoms with Crippen LogP contribution in [0.3, 0.4) is 0 Å². The molecule has 0 spiro atoms. The third-order valence-corrected chi connectivity index (χ3v) is 5.91. The number of piperidine rings is 1. The fraction of sp³-hybridized carbons (Fsp3) is 0.318. The fourth-order valence-electron chi connectivity index (χ4n) is 3.37. The van der Waals surface area contributed by atoms with Gasteiger partial charge in [-0.15, -0.1) is 0 Å². The van der Waals surface area contributed by atoms with Gasteiger partial charge in [-0.2, -0.15) is 0 Å². The molecule has 2 aromatic rings. The van der Waals surface area contributed by atoms with Gasteiger partial charge in [0.05, 0.1) is 16.0 Å². The molecule has 1 heterocycles. The standard InChI is InChI=1S/C22H23Cl2N3O3/c1-2-14-5-7-15(8-6-14)20(28)25-26-21(29)17-4-3-11-27(13-17)22(30)16-9-10-18(23)19(24)12-16/h5-10,12,17H,2-4,11,13H2,1H3,(H,25,28)(H,26,29). The first-order chi connectivity index (χ1) is 14.4. The number of halogens is 2. The molecule has 6 nitrogen and oxygen atoms in total. The summed E-state index contributed by atoms with van der Waals surface area (Å²) < 4.78 is 0. The minimum atomic E-state index is -0.409. The van der Waals surface area contributed by atoms with Crippen molar-refractivity contribution in [2.45, 2.75) is 26.2 Å². The van der Waals surface area contributed by atoms with Crippen LogP contribution in [0.5, 0.6) is 0 Å². The molecule has 0 radical (unpaired) electrons. The van der Waals surface area contributed by atoms with Gasteiger partial charge in [-0.05, 0) is 55.2 Å². The second kappa shape index (κ2) is 9.96. The normalized spacial score (nSPS) is 16.1. The van der Waals surface area contributed by atoms with E-state index in [1.165, 1.54) is 6.07 Å². The molecule has 1 fully saturated rings. The minimum Gasteiger partial charge on any atom is -0.338 e. The molecular formula is C22H23Cl2N3O3. The first kappa shape index (κ1) is 22.1. The van der Waals surface area contributed by atoms with Crippen LogP contribution in [0, 0.1) is 5.92 Å². The molecule has 1 saturated heterocycles. The number of amides is 3. The van der Waals surface area contributed by atoms with Crippen LogP contribution in [0.15, 0.2) is 42.5 Å². The summed E-state index contributed by atoms with van der Waals surface area (Å²) >= 11 is 11.9. The summed E-state index contributed by atoms with van der Waals surface area (Å²) in [5.41, 5.74) is 6.95. The van der Waals surface area contributed by atoms with Crippen LogP contribution in [0.1, 0.15) is 46.0 Å². The molecular weight excluding hydrogens is 425 g/mol. The van der Waals surface area contributed by atoms with Crippen LogP contribution in [0.2, 0.25) is 10.0 Å². The number of aryl methyl sites for hydroxylation is 1. The number of hydrogen-bond donors (Lipinski definition) is 2. The first-order valence-electron chi connectivity index (χ1n) is 9.82. The number of rotatable bonds is 4. The maximum Gasteiger partial charge on any atom is 0.269 e. The van der Waals surface area contributed by atoms with Gasteiger partial charge >= 0.3 is 0 Å². The molecule has 0 bridgehead atoms. The lowest BCUT2D eigenvalue weighted by Crippen LogP contribution is -2.50. The number of hydrazine groups is 1. The van der Waals surface area contributed by atoms with Crippen LogP contribution in [-0.2, 0) is 11.2 Å². The average Bonchev–Trinajstić information content (AvgIpc) is 2.78. The van der Waals surface area contributed by atoms with Crippen molar-refractivity contribution in [3.8, 4) is 0 Å². The van der Waals surface area contributed by atoms with Crippen molar-refractivity contribution in [1.82, 2.24) is 15.8 Å². The topological polar surface area (TPSA) is 78.5 Å². The van der Waals surface area contributed by atoms with Gasteiger partial charge in [0.15, 0.2) is 0 Å². The van der Waals surface area contributed by atoms with Crippen molar-refractivity contribution in [1.29, 1.82) is 0 Å². The Labute approximate surface area is 185 Å². The molecule has 3 amide bonds. The molecule has 8 heteroatoms. The van der Waals surface area contributed by atoms with E-state index in [1.807, 2.05) is 19.1 Å². The largest absolute Gasteiger partial charge is 0.338 e. The molecule has 1 aliphatic heterocycles. The van der Waals surface area contributed by atoms with Crippen molar-refractivity contribution in [3.05, 3.63) is 69.2 Å². The van der Waals surface area contributed by atoms with E-state index in [1.54, 1.807) is 29.2 Å². The fourth-order valence-corrected chi connectivity index (χ4v) is 3.67. The van der Waals surface area contributed by atoms with Gasteiger partial charge in [-0.1, -0.05) is 42.3 Å². The van der Waals surface area contributed by atoms with Gasteiger partial charge in [0.2, 0.25) is 5.91 Å². The number of carbonyl (C=O) groups excluding carboxylic acids is 3. The van der Waals surface area contributed by atoms with E-state index in [2.05, 4.69) is 10.9 Å². The Morgan fingerprint density at radius 3 is 2.37 bits per heavy atom. The summed E-state index contributed by atoms with van der Waals surface area (Å²) in [6.07, 6.45) is 2.22. The van der Waals surface area contributed by atoms with E-state index in [0.29, 0.717) is 40.6 Å². The van der Waals surface area contributed by atoms with E-state index in [4.69, 9.17) is 23.2 Å². The van der Waals surface area contributed by atoms with E-state index < -0.39 is 5.92 Å². The van der Waals surface area contributed by atoms with Crippen molar-refractivity contribution in [2.75, 3.05) is 13.1 Å². The summed E-state index contributed by atoms with van der Waals surface area (Å²) in [7, 11) is 0. The van der Waals surface area contributed by atoms with Gasteiger partial charge in [-0.25, -0.2) is 0 Å². The summed E-state index contributed by atoms with van der Waals surface area (Å²) in [6.45, 7) is 2.86. The Morgan fingerprint density at radius 1 is 1.00 bits per heavy atom. The summed E-state index contributed by atoms with van der Waals surface area (Å²) in [4.78, 5) is 39.2. The van der Waals surface area contributed by atoms with E-state index in [9.17, 15) is 14.4 Å². The Kier molecular flexibility index (Phi) is 7.34. The SMILES string of the molecule is CCc1ccc(C(=O)NNC(=O)C2CCCN(C(=O)c3ccc(Cl)c(Cl)c3)C2)cc1. The van der Waals surface area contributed by atoms with Gasteiger partial charge in [0, 0.05) is 24.2 Å². The lowest BCUT2D eigenvalue weighted by Gasteiger charge is -2.32. The highest BCUT2D eigenvalue weighted by Gasteiger charge is 2.29. The Balaban J connectivity index is 1.56. The maximum absolute atomic E-state index is 12.8. The molecule has 1 atom stereocenters. The van der Waals surface area contributed by atoms with Gasteiger partial charge < -0.3 is 4.90 Å². The lowest BCUT2D eigenvalue weighted by molar-refractivity contribution is -0.127. The molecule has 0 saturated carbocycles. The van der Waals surface area contributed by atoms with Crippen molar-refractivity contribution in [3.63, 3.8) is 0 Å². The number of nitrogens with one attached hydrogen (secondary N) is 2. The first-order valence-corrected chi connectivity index (χ1v) is 10.6. The third kappa shape index (κ3) is 5.32. The molecule has 0 aromatic heterocycles. The smallest absolute Gasteiger partial charge is 0.269 e. The van der Waals surface area contributed by atoms with Gasteiger partial charge in [0.1, 0.15) is 0 Å². The maximum atomic E-state index is 12.8. The van der Waals surface area contributed by atoms with Gasteiger partial charge in [0.25, 0.3) is 11.8 Å². The van der Waals surface area contributed by atoms with E-state index in [0.717, 1.165) is 12.0 Å². The van der Waals surface area contributed by atoms with E-state index in [-0.39, 0.29) is 24.3 Å². The predicted molar refractivity (Wildman–Crippen MR) is 117 cm³/mol. The Morgan fingerprint density at radius 2 is 1.70 bits per heavy atom. The highest BCUT2D eigenvalue weighted by Crippen LogP contribution is 2.25. The van der Waals surface area contributed by atoms with Crippen LogP contribution < -0.4 is 10.9 Å². The highest BCUT2D eigenvalue weighted by atomic mass is 35.5. The monoisotopic (exact) mass is 447 g/mol. The van der Waals surface area contributed by atoms with Crippen LogP contribution in [-0.4, -0.2) is 35.7 Å². The number of likely N-dealkylation sites (tertiary alicyclic amines) is 1. The summed E-state index contributed by atoms with van der Waals surface area (Å²) in [5, 5.41) is 0.688. The molecule has 2 aromatic carbocycles.